The summed E-state index contributed by atoms with van der Waals surface area (Å²) in [5.74, 6) is 0.637. The van der Waals surface area contributed by atoms with Gasteiger partial charge in [0.05, 0.1) is 6.61 Å². The van der Waals surface area contributed by atoms with E-state index in [-0.39, 0.29) is 24.1 Å². The average Bonchev–Trinajstić information content (AvgIpc) is 2.23. The molecule has 1 unspecified atom stereocenters. The predicted octanol–water partition coefficient (Wildman–Crippen LogP) is 2.61. The van der Waals surface area contributed by atoms with Crippen molar-refractivity contribution in [3.05, 3.63) is 30.1 Å². The standard InChI is InChI=1S/C13H17FO2/c14-12-6-1-2-7-13(12)16-9-11(8-15)10-4-3-5-10/h1-2,6-7,10-11,15H,3-5,8-9H2. The summed E-state index contributed by atoms with van der Waals surface area (Å²) in [7, 11) is 0. The third-order valence-corrected chi connectivity index (χ3v) is 3.34. The number of hydrogen-bond acceptors (Lipinski definition) is 2. The number of aliphatic hydroxyl groups is 1. The van der Waals surface area contributed by atoms with Gasteiger partial charge in [-0.2, -0.15) is 0 Å². The van der Waals surface area contributed by atoms with Crippen molar-refractivity contribution in [2.75, 3.05) is 13.2 Å². The van der Waals surface area contributed by atoms with Gasteiger partial charge in [-0.3, -0.25) is 0 Å². The van der Waals surface area contributed by atoms with Gasteiger partial charge in [-0.1, -0.05) is 18.6 Å². The van der Waals surface area contributed by atoms with Gasteiger partial charge >= 0.3 is 0 Å². The zero-order valence-electron chi connectivity index (χ0n) is 9.23. The maximum absolute atomic E-state index is 13.3. The van der Waals surface area contributed by atoms with E-state index in [1.807, 2.05) is 0 Å². The molecule has 1 fully saturated rings. The molecule has 1 aromatic carbocycles. The third kappa shape index (κ3) is 2.53. The van der Waals surface area contributed by atoms with E-state index < -0.39 is 0 Å². The number of benzene rings is 1. The van der Waals surface area contributed by atoms with Crippen molar-refractivity contribution >= 4 is 0 Å². The van der Waals surface area contributed by atoms with Crippen molar-refractivity contribution in [3.63, 3.8) is 0 Å². The molecule has 0 bridgehead atoms. The van der Waals surface area contributed by atoms with Crippen LogP contribution in [0.4, 0.5) is 4.39 Å². The fourth-order valence-electron chi connectivity index (χ4n) is 2.01. The van der Waals surface area contributed by atoms with Crippen molar-refractivity contribution in [2.45, 2.75) is 19.3 Å². The molecule has 1 aromatic rings. The monoisotopic (exact) mass is 224 g/mol. The fourth-order valence-corrected chi connectivity index (χ4v) is 2.01. The normalized spacial score (nSPS) is 17.9. The van der Waals surface area contributed by atoms with Crippen LogP contribution in [0.1, 0.15) is 19.3 Å². The first-order valence-corrected chi connectivity index (χ1v) is 5.79. The summed E-state index contributed by atoms with van der Waals surface area (Å²) >= 11 is 0. The van der Waals surface area contributed by atoms with Crippen molar-refractivity contribution in [1.29, 1.82) is 0 Å². The van der Waals surface area contributed by atoms with Gasteiger partial charge < -0.3 is 9.84 Å². The lowest BCUT2D eigenvalue weighted by molar-refractivity contribution is 0.0780. The minimum absolute atomic E-state index is 0.124. The molecule has 1 aliphatic rings. The van der Waals surface area contributed by atoms with E-state index in [1.54, 1.807) is 18.2 Å². The molecule has 0 saturated heterocycles. The number of hydrogen-bond donors (Lipinski definition) is 1. The van der Waals surface area contributed by atoms with Crippen LogP contribution in [-0.2, 0) is 0 Å². The van der Waals surface area contributed by atoms with Crippen LogP contribution in [0.5, 0.6) is 5.75 Å². The van der Waals surface area contributed by atoms with Crippen molar-refractivity contribution in [1.82, 2.24) is 0 Å². The fraction of sp³-hybridized carbons (Fsp3) is 0.538. The maximum atomic E-state index is 13.3. The summed E-state index contributed by atoms with van der Waals surface area (Å²) in [5.41, 5.74) is 0. The highest BCUT2D eigenvalue weighted by atomic mass is 19.1. The highest BCUT2D eigenvalue weighted by molar-refractivity contribution is 5.23. The van der Waals surface area contributed by atoms with Gasteiger partial charge in [0.25, 0.3) is 0 Å². The molecule has 1 atom stereocenters. The molecule has 0 amide bonds. The first-order valence-electron chi connectivity index (χ1n) is 5.79. The smallest absolute Gasteiger partial charge is 0.165 e. The molecule has 0 spiro atoms. The van der Waals surface area contributed by atoms with Crippen LogP contribution in [0.3, 0.4) is 0 Å². The number of halogens is 1. The average molecular weight is 224 g/mol. The molecule has 1 aliphatic carbocycles. The lowest BCUT2D eigenvalue weighted by Gasteiger charge is -2.32. The summed E-state index contributed by atoms with van der Waals surface area (Å²) < 4.78 is 18.7. The van der Waals surface area contributed by atoms with Gasteiger partial charge in [0.2, 0.25) is 0 Å². The Hall–Kier alpha value is -1.09. The van der Waals surface area contributed by atoms with Crippen molar-refractivity contribution in [3.8, 4) is 5.75 Å². The highest BCUT2D eigenvalue weighted by Gasteiger charge is 2.27. The Balaban J connectivity index is 1.88. The second-order valence-corrected chi connectivity index (χ2v) is 4.38. The van der Waals surface area contributed by atoms with Gasteiger partial charge in [-0.05, 0) is 30.9 Å². The molecule has 3 heteroatoms. The van der Waals surface area contributed by atoms with Crippen LogP contribution in [0.25, 0.3) is 0 Å². The third-order valence-electron chi connectivity index (χ3n) is 3.34. The summed E-state index contributed by atoms with van der Waals surface area (Å²) in [5, 5.41) is 9.24. The van der Waals surface area contributed by atoms with E-state index in [1.165, 1.54) is 12.5 Å². The quantitative estimate of drug-likeness (QED) is 0.833. The molecular weight excluding hydrogens is 207 g/mol. The van der Waals surface area contributed by atoms with Gasteiger partial charge in [-0.15, -0.1) is 0 Å². The zero-order chi connectivity index (χ0) is 11.4. The zero-order valence-corrected chi connectivity index (χ0v) is 9.23. The largest absolute Gasteiger partial charge is 0.490 e. The van der Waals surface area contributed by atoms with Crippen LogP contribution in [0.15, 0.2) is 24.3 Å². The van der Waals surface area contributed by atoms with Gasteiger partial charge in [0, 0.05) is 12.5 Å². The van der Waals surface area contributed by atoms with Gasteiger partial charge in [-0.25, -0.2) is 4.39 Å². The van der Waals surface area contributed by atoms with Crippen LogP contribution in [-0.4, -0.2) is 18.3 Å². The van der Waals surface area contributed by atoms with Gasteiger partial charge in [0.15, 0.2) is 11.6 Å². The Bertz CT molecular complexity index is 336. The van der Waals surface area contributed by atoms with Crippen molar-refractivity contribution in [2.24, 2.45) is 11.8 Å². The van der Waals surface area contributed by atoms with E-state index >= 15 is 0 Å². The molecule has 0 radical (unpaired) electrons. The summed E-state index contributed by atoms with van der Waals surface area (Å²) in [4.78, 5) is 0. The molecule has 1 saturated carbocycles. The second kappa shape index (κ2) is 5.30. The van der Waals surface area contributed by atoms with Crippen molar-refractivity contribution < 1.29 is 14.2 Å². The molecule has 1 N–H and O–H groups in total. The second-order valence-electron chi connectivity index (χ2n) is 4.38. The molecule has 0 aliphatic heterocycles. The Kier molecular flexibility index (Phi) is 3.78. The molecule has 0 heterocycles. The van der Waals surface area contributed by atoms with Gasteiger partial charge in [0.1, 0.15) is 0 Å². The van der Waals surface area contributed by atoms with E-state index in [0.717, 1.165) is 12.8 Å². The van der Waals surface area contributed by atoms with Crippen LogP contribution in [0, 0.1) is 17.7 Å². The minimum atomic E-state index is -0.340. The number of para-hydroxylation sites is 1. The van der Waals surface area contributed by atoms with Crippen LogP contribution >= 0.6 is 0 Å². The summed E-state index contributed by atoms with van der Waals surface area (Å²) in [6, 6.07) is 6.38. The molecule has 2 rings (SSSR count). The number of ether oxygens (including phenoxy) is 1. The first-order chi connectivity index (χ1) is 7.81. The predicted molar refractivity (Wildman–Crippen MR) is 59.8 cm³/mol. The van der Waals surface area contributed by atoms with E-state index in [2.05, 4.69) is 0 Å². The summed E-state index contributed by atoms with van der Waals surface area (Å²) in [6.07, 6.45) is 3.55. The Morgan fingerprint density at radius 3 is 2.69 bits per heavy atom. The SMILES string of the molecule is OCC(COc1ccccc1F)C1CCC1. The topological polar surface area (TPSA) is 29.5 Å². The molecule has 88 valence electrons. The number of aliphatic hydroxyl groups excluding tert-OH is 1. The minimum Gasteiger partial charge on any atom is -0.490 e. The first kappa shape index (κ1) is 11.4. The molecule has 16 heavy (non-hydrogen) atoms. The lowest BCUT2D eigenvalue weighted by atomic mass is 9.76. The Morgan fingerprint density at radius 2 is 2.12 bits per heavy atom. The Morgan fingerprint density at radius 1 is 1.38 bits per heavy atom. The molecular formula is C13H17FO2. The highest BCUT2D eigenvalue weighted by Crippen LogP contribution is 2.33. The Labute approximate surface area is 95.1 Å². The summed E-state index contributed by atoms with van der Waals surface area (Å²) in [6.45, 7) is 0.529. The molecule has 2 nitrogen and oxygen atoms in total. The number of rotatable bonds is 5. The van der Waals surface area contributed by atoms with E-state index in [0.29, 0.717) is 12.5 Å². The maximum Gasteiger partial charge on any atom is 0.165 e. The van der Waals surface area contributed by atoms with E-state index in [9.17, 15) is 9.50 Å². The van der Waals surface area contributed by atoms with E-state index in [4.69, 9.17) is 4.74 Å². The van der Waals surface area contributed by atoms with Crippen LogP contribution < -0.4 is 4.74 Å². The molecule has 0 aromatic heterocycles. The van der Waals surface area contributed by atoms with Crippen LogP contribution in [0.2, 0.25) is 0 Å². The lowest BCUT2D eigenvalue weighted by Crippen LogP contribution is -2.29.